The van der Waals surface area contributed by atoms with Crippen molar-refractivity contribution in [2.24, 2.45) is 0 Å². The summed E-state index contributed by atoms with van der Waals surface area (Å²) in [6.07, 6.45) is -7.88. The maximum absolute atomic E-state index is 13.7. The molecule has 0 N–H and O–H groups in total. The summed E-state index contributed by atoms with van der Waals surface area (Å²) in [6, 6.07) is 5.22. The predicted octanol–water partition coefficient (Wildman–Crippen LogP) is 3.94. The second kappa shape index (κ2) is 9.10. The molecule has 0 bridgehead atoms. The number of benzene rings is 2. The minimum atomic E-state index is -5.32. The summed E-state index contributed by atoms with van der Waals surface area (Å²) < 4.78 is 104. The molecule has 7 nitrogen and oxygen atoms in total. The van der Waals surface area contributed by atoms with Gasteiger partial charge < -0.3 is 9.47 Å². The average molecular weight is 521 g/mol. The molecule has 0 fully saturated rings. The number of Topliss-reactive ketones (excluding diaryl/α,β-unsaturated/α-hetero) is 1. The molecule has 2 aromatic rings. The zero-order valence-corrected chi connectivity index (χ0v) is 19.5. The van der Waals surface area contributed by atoms with Gasteiger partial charge >= 0.3 is 12.1 Å². The SMILES string of the molecule is CC(C)(C)OC(=O)Cc1ccc2c(c1)N(S(=O)(=O)c1ccc(F)c(F)c1)CC(C(=O)C(F)(F)F)O2. The second-order valence-electron chi connectivity index (χ2n) is 8.65. The van der Waals surface area contributed by atoms with Gasteiger partial charge in [-0.05, 0) is 56.7 Å². The number of ketones is 1. The molecule has 1 heterocycles. The molecule has 1 aliphatic rings. The van der Waals surface area contributed by atoms with E-state index in [-0.39, 0.29) is 17.7 Å². The summed E-state index contributed by atoms with van der Waals surface area (Å²) in [7, 11) is -4.79. The number of anilines is 1. The van der Waals surface area contributed by atoms with Crippen LogP contribution in [-0.2, 0) is 30.8 Å². The first-order valence-corrected chi connectivity index (χ1v) is 11.5. The van der Waals surface area contributed by atoms with Gasteiger partial charge in [0.25, 0.3) is 15.8 Å². The van der Waals surface area contributed by atoms with Crippen molar-refractivity contribution >= 4 is 27.5 Å². The standard InChI is InChI=1S/C22H20F5NO6S/c1-21(2,3)34-19(29)9-12-4-7-17-16(8-12)28(11-18(33-17)20(30)22(25,26)27)35(31,32)13-5-6-14(23)15(24)10-13/h4-8,10,18H,9,11H2,1-3H3. The third-order valence-electron chi connectivity index (χ3n) is 4.71. The molecular formula is C22H20F5NO6S. The van der Waals surface area contributed by atoms with Crippen molar-refractivity contribution in [2.45, 2.75) is 50.0 Å². The molecule has 190 valence electrons. The Morgan fingerprint density at radius 3 is 2.29 bits per heavy atom. The monoisotopic (exact) mass is 521 g/mol. The Balaban J connectivity index is 2.07. The number of ether oxygens (including phenoxy) is 2. The molecule has 0 radical (unpaired) electrons. The van der Waals surface area contributed by atoms with Crippen LogP contribution in [0.1, 0.15) is 26.3 Å². The predicted molar refractivity (Wildman–Crippen MR) is 112 cm³/mol. The molecule has 1 atom stereocenters. The van der Waals surface area contributed by atoms with Crippen LogP contribution in [0.2, 0.25) is 0 Å². The molecule has 3 rings (SSSR count). The van der Waals surface area contributed by atoms with Gasteiger partial charge in [0, 0.05) is 0 Å². The number of carbonyl (C=O) groups is 2. The highest BCUT2D eigenvalue weighted by Crippen LogP contribution is 2.39. The average Bonchev–Trinajstić information content (AvgIpc) is 2.72. The fourth-order valence-electron chi connectivity index (χ4n) is 3.26. The number of nitrogens with zero attached hydrogens (tertiary/aromatic N) is 1. The van der Waals surface area contributed by atoms with Crippen LogP contribution < -0.4 is 9.04 Å². The van der Waals surface area contributed by atoms with Gasteiger partial charge in [-0.2, -0.15) is 13.2 Å². The number of rotatable bonds is 5. The number of fused-ring (bicyclic) bond motifs is 1. The maximum atomic E-state index is 13.7. The highest BCUT2D eigenvalue weighted by atomic mass is 32.2. The van der Waals surface area contributed by atoms with Crippen molar-refractivity contribution in [3.05, 3.63) is 53.6 Å². The smallest absolute Gasteiger partial charge is 0.454 e. The second-order valence-corrected chi connectivity index (χ2v) is 10.5. The van der Waals surface area contributed by atoms with Crippen LogP contribution in [0.3, 0.4) is 0 Å². The number of carbonyl (C=O) groups excluding carboxylic acids is 2. The van der Waals surface area contributed by atoms with E-state index in [2.05, 4.69) is 0 Å². The molecule has 0 spiro atoms. The van der Waals surface area contributed by atoms with Crippen molar-refractivity contribution in [2.75, 3.05) is 10.8 Å². The summed E-state index contributed by atoms with van der Waals surface area (Å²) in [5.41, 5.74) is -0.864. The Morgan fingerprint density at radius 2 is 1.71 bits per heavy atom. The Hall–Kier alpha value is -3.22. The third kappa shape index (κ3) is 5.89. The number of hydrogen-bond acceptors (Lipinski definition) is 6. The van der Waals surface area contributed by atoms with E-state index >= 15 is 0 Å². The molecule has 0 saturated carbocycles. The molecule has 35 heavy (non-hydrogen) atoms. The van der Waals surface area contributed by atoms with Crippen LogP contribution >= 0.6 is 0 Å². The molecule has 0 aromatic heterocycles. The number of esters is 1. The Morgan fingerprint density at radius 1 is 1.06 bits per heavy atom. The van der Waals surface area contributed by atoms with Crippen molar-refractivity contribution in [3.63, 3.8) is 0 Å². The van der Waals surface area contributed by atoms with Crippen molar-refractivity contribution < 1.29 is 49.4 Å². The summed E-state index contributed by atoms with van der Waals surface area (Å²) >= 11 is 0. The lowest BCUT2D eigenvalue weighted by atomic mass is 10.1. The summed E-state index contributed by atoms with van der Waals surface area (Å²) in [5.74, 6) is -6.21. The molecule has 13 heteroatoms. The lowest BCUT2D eigenvalue weighted by Gasteiger charge is -2.35. The van der Waals surface area contributed by atoms with Gasteiger partial charge in [-0.15, -0.1) is 0 Å². The van der Waals surface area contributed by atoms with Gasteiger partial charge in [0.1, 0.15) is 11.4 Å². The van der Waals surface area contributed by atoms with Crippen LogP contribution in [0, 0.1) is 11.6 Å². The summed E-state index contributed by atoms with van der Waals surface area (Å²) in [5, 5.41) is 0. The molecule has 1 unspecified atom stereocenters. The highest BCUT2D eigenvalue weighted by Gasteiger charge is 2.48. The Labute approximate surface area is 197 Å². The quantitative estimate of drug-likeness (QED) is 0.438. The van der Waals surface area contributed by atoms with Gasteiger partial charge in [-0.25, -0.2) is 17.2 Å². The summed E-state index contributed by atoms with van der Waals surface area (Å²) in [6.45, 7) is 3.82. The zero-order chi connectivity index (χ0) is 26.3. The van der Waals surface area contributed by atoms with E-state index in [1.165, 1.54) is 12.1 Å². The topological polar surface area (TPSA) is 90.0 Å². The lowest BCUT2D eigenvalue weighted by molar-refractivity contribution is -0.178. The van der Waals surface area contributed by atoms with E-state index in [4.69, 9.17) is 9.47 Å². The minimum absolute atomic E-state index is 0.229. The highest BCUT2D eigenvalue weighted by molar-refractivity contribution is 7.92. The van der Waals surface area contributed by atoms with E-state index in [0.29, 0.717) is 16.4 Å². The van der Waals surface area contributed by atoms with E-state index in [9.17, 15) is 40.0 Å². The van der Waals surface area contributed by atoms with Crippen LogP contribution in [0.4, 0.5) is 27.6 Å². The van der Waals surface area contributed by atoms with Crippen LogP contribution in [0.5, 0.6) is 5.75 Å². The first-order chi connectivity index (χ1) is 16.0. The molecular weight excluding hydrogens is 501 g/mol. The van der Waals surface area contributed by atoms with E-state index in [1.54, 1.807) is 20.8 Å². The van der Waals surface area contributed by atoms with Crippen molar-refractivity contribution in [1.29, 1.82) is 0 Å². The first kappa shape index (κ1) is 26.4. The van der Waals surface area contributed by atoms with Crippen LogP contribution in [-0.4, -0.2) is 44.6 Å². The summed E-state index contributed by atoms with van der Waals surface area (Å²) in [4.78, 5) is 23.3. The van der Waals surface area contributed by atoms with Crippen LogP contribution in [0.25, 0.3) is 0 Å². The fourth-order valence-corrected chi connectivity index (χ4v) is 4.74. The molecule has 1 aliphatic heterocycles. The normalized spacial score (nSPS) is 16.3. The van der Waals surface area contributed by atoms with Crippen LogP contribution in [0.15, 0.2) is 41.3 Å². The van der Waals surface area contributed by atoms with Gasteiger partial charge in [-0.1, -0.05) is 6.07 Å². The molecule has 0 amide bonds. The van der Waals surface area contributed by atoms with E-state index in [0.717, 1.165) is 12.1 Å². The van der Waals surface area contributed by atoms with Gasteiger partial charge in [-0.3, -0.25) is 13.9 Å². The van der Waals surface area contributed by atoms with Gasteiger partial charge in [0.2, 0.25) is 0 Å². The lowest BCUT2D eigenvalue weighted by Crippen LogP contribution is -2.50. The molecule has 0 saturated heterocycles. The largest absolute Gasteiger partial charge is 0.478 e. The Bertz CT molecular complexity index is 1270. The number of halogens is 5. The van der Waals surface area contributed by atoms with Gasteiger partial charge in [0.05, 0.1) is 23.5 Å². The Kier molecular flexibility index (Phi) is 6.86. The zero-order valence-electron chi connectivity index (χ0n) is 18.7. The fraction of sp³-hybridized carbons (Fsp3) is 0.364. The number of sulfonamides is 1. The third-order valence-corrected chi connectivity index (χ3v) is 6.49. The van der Waals surface area contributed by atoms with Crippen molar-refractivity contribution in [1.82, 2.24) is 0 Å². The van der Waals surface area contributed by atoms with Crippen molar-refractivity contribution in [3.8, 4) is 5.75 Å². The number of hydrogen-bond donors (Lipinski definition) is 0. The number of alkyl halides is 3. The molecule has 0 aliphatic carbocycles. The van der Waals surface area contributed by atoms with E-state index < -0.39 is 68.5 Å². The van der Waals surface area contributed by atoms with Gasteiger partial charge in [0.15, 0.2) is 17.7 Å². The maximum Gasteiger partial charge on any atom is 0.454 e. The minimum Gasteiger partial charge on any atom is -0.478 e. The first-order valence-electron chi connectivity index (χ1n) is 10.1. The van der Waals surface area contributed by atoms with E-state index in [1.807, 2.05) is 0 Å². The molecule has 2 aromatic carbocycles.